The second-order valence-corrected chi connectivity index (χ2v) is 4.38. The number of ketones is 1. The number of aromatic nitrogens is 1. The van der Waals surface area contributed by atoms with E-state index in [0.29, 0.717) is 17.3 Å². The van der Waals surface area contributed by atoms with Gasteiger partial charge in [0.05, 0.1) is 11.7 Å². The first-order valence-corrected chi connectivity index (χ1v) is 5.72. The number of carbonyl (C=O) groups excluding carboxylic acids is 1. The number of rotatable bonds is 4. The van der Waals surface area contributed by atoms with E-state index in [9.17, 15) is 4.79 Å². The van der Waals surface area contributed by atoms with Gasteiger partial charge in [-0.15, -0.1) is 0 Å². The molecule has 4 nitrogen and oxygen atoms in total. The Kier molecular flexibility index (Phi) is 3.47. The monoisotopic (exact) mass is 251 g/mol. The maximum absolute atomic E-state index is 12.0. The Morgan fingerprint density at radius 2 is 2.29 bits per heavy atom. The zero-order valence-electron chi connectivity index (χ0n) is 9.46. The summed E-state index contributed by atoms with van der Waals surface area (Å²) in [6.45, 7) is 0.453. The van der Waals surface area contributed by atoms with Crippen LogP contribution in [0.1, 0.15) is 10.5 Å². The molecule has 1 aromatic heterocycles. The molecule has 0 saturated heterocycles. The van der Waals surface area contributed by atoms with E-state index in [-0.39, 0.29) is 5.78 Å². The van der Waals surface area contributed by atoms with E-state index >= 15 is 0 Å². The number of likely N-dealkylation sites (N-methyl/N-ethyl adjacent to an activating group) is 1. The number of benzene rings is 1. The summed E-state index contributed by atoms with van der Waals surface area (Å²) in [6, 6.07) is 6.68. The fourth-order valence-electron chi connectivity index (χ4n) is 1.75. The summed E-state index contributed by atoms with van der Waals surface area (Å²) in [7, 11) is 1.76. The molecule has 1 atom stereocenters. The average Bonchev–Trinajstić information content (AvgIpc) is 2.71. The smallest absolute Gasteiger partial charge is 0.196 e. The van der Waals surface area contributed by atoms with Crippen molar-refractivity contribution >= 4 is 28.3 Å². The normalized spacial score (nSPS) is 12.9. The van der Waals surface area contributed by atoms with E-state index in [1.54, 1.807) is 19.2 Å². The van der Waals surface area contributed by atoms with Gasteiger partial charge in [-0.3, -0.25) is 4.79 Å². The van der Waals surface area contributed by atoms with E-state index in [1.165, 1.54) is 0 Å². The number of Topliss-reactive ketones (excluding diaryl/α,β-unsaturated/α-hetero) is 1. The van der Waals surface area contributed by atoms with Gasteiger partial charge in [-0.2, -0.15) is 0 Å². The molecule has 5 heteroatoms. The molecule has 2 aromatic rings. The molecule has 0 amide bonds. The molecule has 1 aromatic carbocycles. The topological polar surface area (TPSA) is 70.9 Å². The van der Waals surface area contributed by atoms with Gasteiger partial charge in [-0.1, -0.05) is 11.6 Å². The number of carbonyl (C=O) groups is 1. The van der Waals surface area contributed by atoms with Crippen molar-refractivity contribution in [3.05, 3.63) is 35.0 Å². The number of halogens is 1. The van der Waals surface area contributed by atoms with Crippen LogP contribution in [0, 0.1) is 0 Å². The lowest BCUT2D eigenvalue weighted by molar-refractivity contribution is 0.0957. The zero-order valence-corrected chi connectivity index (χ0v) is 10.2. The van der Waals surface area contributed by atoms with Crippen LogP contribution in [0.2, 0.25) is 5.02 Å². The highest BCUT2D eigenvalue weighted by atomic mass is 35.5. The first-order valence-electron chi connectivity index (χ1n) is 5.34. The molecule has 0 bridgehead atoms. The molecule has 1 unspecified atom stereocenters. The molecule has 4 N–H and O–H groups in total. The van der Waals surface area contributed by atoms with Gasteiger partial charge in [0.15, 0.2) is 5.78 Å². The summed E-state index contributed by atoms with van der Waals surface area (Å²) in [5.41, 5.74) is 7.16. The Morgan fingerprint density at radius 3 is 3.00 bits per heavy atom. The molecule has 0 spiro atoms. The Morgan fingerprint density at radius 1 is 1.53 bits per heavy atom. The quantitative estimate of drug-likeness (QED) is 0.722. The number of H-pyrrole nitrogens is 1. The summed E-state index contributed by atoms with van der Waals surface area (Å²) in [5.74, 6) is -0.105. The first kappa shape index (κ1) is 12.1. The highest BCUT2D eigenvalue weighted by molar-refractivity contribution is 6.31. The van der Waals surface area contributed by atoms with E-state index in [2.05, 4.69) is 10.3 Å². The highest BCUT2D eigenvalue weighted by Crippen LogP contribution is 2.20. The summed E-state index contributed by atoms with van der Waals surface area (Å²) in [5, 5.41) is 4.44. The van der Waals surface area contributed by atoms with E-state index in [4.69, 9.17) is 17.3 Å². The summed E-state index contributed by atoms with van der Waals surface area (Å²) in [4.78, 5) is 15.0. The number of nitrogens with two attached hydrogens (primary N) is 1. The van der Waals surface area contributed by atoms with Crippen molar-refractivity contribution in [3.8, 4) is 0 Å². The van der Waals surface area contributed by atoms with Crippen LogP contribution in [0.15, 0.2) is 24.3 Å². The number of hydrogen-bond donors (Lipinski definition) is 3. The van der Waals surface area contributed by atoms with Crippen molar-refractivity contribution in [1.82, 2.24) is 10.3 Å². The third-order valence-electron chi connectivity index (χ3n) is 2.61. The van der Waals surface area contributed by atoms with Crippen LogP contribution < -0.4 is 11.1 Å². The predicted molar refractivity (Wildman–Crippen MR) is 69.5 cm³/mol. The third kappa shape index (κ3) is 2.49. The largest absolute Gasteiger partial charge is 0.352 e. The van der Waals surface area contributed by atoms with Crippen molar-refractivity contribution in [2.24, 2.45) is 5.73 Å². The van der Waals surface area contributed by atoms with Gasteiger partial charge >= 0.3 is 0 Å². The van der Waals surface area contributed by atoms with Crippen molar-refractivity contribution in [1.29, 1.82) is 0 Å². The Labute approximate surface area is 104 Å². The summed E-state index contributed by atoms with van der Waals surface area (Å²) >= 11 is 5.89. The molecule has 0 aliphatic carbocycles. The standard InChI is InChI=1S/C12H14ClN3O/c1-15-6-9(14)12(17)11-5-7-4-8(13)2-3-10(7)16-11/h2-5,9,15-16H,6,14H2,1H3. The summed E-state index contributed by atoms with van der Waals surface area (Å²) in [6.07, 6.45) is 0. The van der Waals surface area contributed by atoms with Crippen LogP contribution in [-0.2, 0) is 0 Å². The van der Waals surface area contributed by atoms with Crippen LogP contribution >= 0.6 is 11.6 Å². The second kappa shape index (κ2) is 4.87. The molecule has 0 saturated carbocycles. The van der Waals surface area contributed by atoms with Gasteiger partial charge in [-0.25, -0.2) is 0 Å². The van der Waals surface area contributed by atoms with Gasteiger partial charge < -0.3 is 16.0 Å². The second-order valence-electron chi connectivity index (χ2n) is 3.94. The van der Waals surface area contributed by atoms with Crippen molar-refractivity contribution in [3.63, 3.8) is 0 Å². The molecular formula is C12H14ClN3O. The molecule has 90 valence electrons. The number of nitrogens with one attached hydrogen (secondary N) is 2. The predicted octanol–water partition coefficient (Wildman–Crippen LogP) is 1.55. The number of hydrogen-bond acceptors (Lipinski definition) is 3. The molecule has 2 rings (SSSR count). The van der Waals surface area contributed by atoms with E-state index < -0.39 is 6.04 Å². The lowest BCUT2D eigenvalue weighted by Gasteiger charge is -2.07. The minimum atomic E-state index is -0.538. The fraction of sp³-hybridized carbons (Fsp3) is 0.250. The maximum atomic E-state index is 12.0. The maximum Gasteiger partial charge on any atom is 0.196 e. The van der Waals surface area contributed by atoms with Gasteiger partial charge in [0.25, 0.3) is 0 Å². The van der Waals surface area contributed by atoms with Gasteiger partial charge in [0.1, 0.15) is 0 Å². The molecular weight excluding hydrogens is 238 g/mol. The van der Waals surface area contributed by atoms with Gasteiger partial charge in [0.2, 0.25) is 0 Å². The van der Waals surface area contributed by atoms with E-state index in [0.717, 1.165) is 10.9 Å². The Hall–Kier alpha value is -1.36. The SMILES string of the molecule is CNCC(N)C(=O)c1cc2cc(Cl)ccc2[nH]1. The van der Waals surface area contributed by atoms with Crippen molar-refractivity contribution < 1.29 is 4.79 Å². The van der Waals surface area contributed by atoms with Crippen LogP contribution in [0.3, 0.4) is 0 Å². The van der Waals surface area contributed by atoms with Crippen LogP contribution in [0.4, 0.5) is 0 Å². The Balaban J connectivity index is 2.33. The van der Waals surface area contributed by atoms with Crippen LogP contribution in [0.5, 0.6) is 0 Å². The lowest BCUT2D eigenvalue weighted by Crippen LogP contribution is -2.39. The molecule has 0 aliphatic heterocycles. The minimum absolute atomic E-state index is 0.105. The van der Waals surface area contributed by atoms with E-state index in [1.807, 2.05) is 12.1 Å². The summed E-state index contributed by atoms with van der Waals surface area (Å²) < 4.78 is 0. The van der Waals surface area contributed by atoms with Crippen LogP contribution in [-0.4, -0.2) is 30.4 Å². The first-order chi connectivity index (χ1) is 8.11. The number of aromatic amines is 1. The van der Waals surface area contributed by atoms with Gasteiger partial charge in [-0.05, 0) is 31.3 Å². The van der Waals surface area contributed by atoms with Crippen molar-refractivity contribution in [2.75, 3.05) is 13.6 Å². The molecule has 0 aliphatic rings. The third-order valence-corrected chi connectivity index (χ3v) is 2.84. The highest BCUT2D eigenvalue weighted by Gasteiger charge is 2.16. The molecule has 0 fully saturated rings. The minimum Gasteiger partial charge on any atom is -0.352 e. The lowest BCUT2D eigenvalue weighted by atomic mass is 10.1. The number of fused-ring (bicyclic) bond motifs is 1. The molecule has 0 radical (unpaired) electrons. The van der Waals surface area contributed by atoms with Crippen LogP contribution in [0.25, 0.3) is 10.9 Å². The molecule has 1 heterocycles. The molecule has 17 heavy (non-hydrogen) atoms. The fourth-order valence-corrected chi connectivity index (χ4v) is 1.93. The Bertz CT molecular complexity index is 550. The van der Waals surface area contributed by atoms with Crippen molar-refractivity contribution in [2.45, 2.75) is 6.04 Å². The zero-order chi connectivity index (χ0) is 12.4. The average molecular weight is 252 g/mol. The van der Waals surface area contributed by atoms with Gasteiger partial charge in [0, 0.05) is 22.5 Å².